The summed E-state index contributed by atoms with van der Waals surface area (Å²) in [4.78, 5) is 14.8. The first kappa shape index (κ1) is 18.7. The molecule has 0 aliphatic carbocycles. The fourth-order valence-electron chi connectivity index (χ4n) is 2.21. The fraction of sp³-hybridized carbons (Fsp3) is 0. The van der Waals surface area contributed by atoms with Crippen molar-refractivity contribution in [3.63, 3.8) is 0 Å². The largest absolute Gasteiger partial charge is 0.358 e. The molecule has 0 spiro atoms. The van der Waals surface area contributed by atoms with Crippen molar-refractivity contribution >= 4 is 44.2 Å². The number of thiazole rings is 1. The van der Waals surface area contributed by atoms with Crippen LogP contribution in [0.25, 0.3) is 16.8 Å². The molecule has 1 heterocycles. The van der Waals surface area contributed by atoms with Crippen LogP contribution in [0.5, 0.6) is 0 Å². The maximum Gasteiger partial charge on any atom is 0.270 e. The second-order valence-corrected chi connectivity index (χ2v) is 7.06. The van der Waals surface area contributed by atoms with Crippen LogP contribution in [0, 0.1) is 27.3 Å². The van der Waals surface area contributed by atoms with Crippen molar-refractivity contribution in [2.45, 2.75) is 0 Å². The molecule has 0 saturated heterocycles. The molecule has 2 aromatic carbocycles. The van der Waals surface area contributed by atoms with E-state index in [4.69, 9.17) is 0 Å². The van der Waals surface area contributed by atoms with Gasteiger partial charge in [-0.3, -0.25) is 10.1 Å². The minimum absolute atomic E-state index is 0.0366. The first-order valence-corrected chi connectivity index (χ1v) is 9.18. The number of aromatic nitrogens is 1. The van der Waals surface area contributed by atoms with Crippen molar-refractivity contribution in [2.24, 2.45) is 0 Å². The Kier molecular flexibility index (Phi) is 5.59. The van der Waals surface area contributed by atoms with Gasteiger partial charge >= 0.3 is 0 Å². The van der Waals surface area contributed by atoms with Crippen LogP contribution >= 0.6 is 27.3 Å². The Hall–Kier alpha value is -3.09. The lowest BCUT2D eigenvalue weighted by Gasteiger charge is -2.03. The zero-order chi connectivity index (χ0) is 19.4. The Morgan fingerprint density at radius 1 is 1.37 bits per heavy atom. The number of nitro groups is 1. The third kappa shape index (κ3) is 4.36. The number of halogens is 2. The van der Waals surface area contributed by atoms with E-state index in [0.717, 1.165) is 0 Å². The van der Waals surface area contributed by atoms with Gasteiger partial charge in [-0.1, -0.05) is 28.1 Å². The molecule has 0 aliphatic heterocycles. The predicted octanol–water partition coefficient (Wildman–Crippen LogP) is 5.60. The Balaban J connectivity index is 1.86. The lowest BCUT2D eigenvalue weighted by Crippen LogP contribution is -1.94. The lowest BCUT2D eigenvalue weighted by atomic mass is 10.1. The van der Waals surface area contributed by atoms with Crippen LogP contribution in [0.4, 0.5) is 15.8 Å². The number of allylic oxidation sites excluding steroid dienone is 1. The molecule has 0 aliphatic rings. The molecule has 3 aromatic rings. The molecule has 9 heteroatoms. The highest BCUT2D eigenvalue weighted by Crippen LogP contribution is 2.28. The molecule has 1 aromatic heterocycles. The standard InChI is InChI=1S/C18H10BrFN4O2S/c19-13-4-5-16(15(20)7-13)22-9-12(8-21)18-23-17(10-27-18)11-2-1-3-14(6-11)24(25)26/h1-7,9-10,22H/b12-9-. The van der Waals surface area contributed by atoms with Gasteiger partial charge in [-0.15, -0.1) is 11.3 Å². The van der Waals surface area contributed by atoms with Crippen LogP contribution in [0.2, 0.25) is 0 Å². The van der Waals surface area contributed by atoms with E-state index in [2.05, 4.69) is 26.2 Å². The lowest BCUT2D eigenvalue weighted by molar-refractivity contribution is -0.384. The van der Waals surface area contributed by atoms with E-state index < -0.39 is 10.7 Å². The fourth-order valence-corrected chi connectivity index (χ4v) is 3.33. The zero-order valence-electron chi connectivity index (χ0n) is 13.5. The van der Waals surface area contributed by atoms with Gasteiger partial charge in [-0.05, 0) is 18.2 Å². The van der Waals surface area contributed by atoms with Crippen LogP contribution in [-0.2, 0) is 0 Å². The summed E-state index contributed by atoms with van der Waals surface area (Å²) in [6, 6.07) is 12.6. The van der Waals surface area contributed by atoms with Crippen LogP contribution in [-0.4, -0.2) is 9.91 Å². The molecule has 0 amide bonds. The molecule has 3 rings (SSSR count). The molecular formula is C18H10BrFN4O2S. The highest BCUT2D eigenvalue weighted by atomic mass is 79.9. The van der Waals surface area contributed by atoms with E-state index in [9.17, 15) is 19.8 Å². The predicted molar refractivity (Wildman–Crippen MR) is 106 cm³/mol. The molecule has 1 N–H and O–H groups in total. The smallest absolute Gasteiger partial charge is 0.270 e. The molecular weight excluding hydrogens is 435 g/mol. The second-order valence-electron chi connectivity index (χ2n) is 5.28. The van der Waals surface area contributed by atoms with E-state index in [0.29, 0.717) is 20.7 Å². The van der Waals surface area contributed by atoms with E-state index >= 15 is 0 Å². The quantitative estimate of drug-likeness (QED) is 0.314. The molecule has 0 bridgehead atoms. The maximum atomic E-state index is 13.9. The summed E-state index contributed by atoms with van der Waals surface area (Å²) in [5, 5.41) is 25.2. The van der Waals surface area contributed by atoms with E-state index in [1.165, 1.54) is 35.7 Å². The molecule has 0 unspecified atom stereocenters. The summed E-state index contributed by atoms with van der Waals surface area (Å²) >= 11 is 4.40. The van der Waals surface area contributed by atoms with Crippen LogP contribution in [0.15, 0.2) is 58.5 Å². The number of nitro benzene ring substituents is 1. The number of non-ortho nitro benzene ring substituents is 1. The molecule has 134 valence electrons. The number of hydrogen-bond donors (Lipinski definition) is 1. The van der Waals surface area contributed by atoms with Crippen molar-refractivity contribution < 1.29 is 9.31 Å². The minimum Gasteiger partial charge on any atom is -0.358 e. The maximum absolute atomic E-state index is 13.9. The number of hydrogen-bond acceptors (Lipinski definition) is 6. The summed E-state index contributed by atoms with van der Waals surface area (Å²) in [5.74, 6) is -0.464. The van der Waals surface area contributed by atoms with E-state index in [-0.39, 0.29) is 16.9 Å². The SMILES string of the molecule is N#C/C(=C/Nc1ccc(Br)cc1F)c1nc(-c2cccc([N+](=O)[O-])c2)cs1. The molecule has 0 fully saturated rings. The van der Waals surface area contributed by atoms with Crippen molar-refractivity contribution in [3.8, 4) is 17.3 Å². The average molecular weight is 445 g/mol. The van der Waals surface area contributed by atoms with E-state index in [1.807, 2.05) is 6.07 Å². The molecule has 27 heavy (non-hydrogen) atoms. The van der Waals surface area contributed by atoms with Crippen LogP contribution in [0.3, 0.4) is 0 Å². The minimum atomic E-state index is -0.478. The number of rotatable bonds is 5. The van der Waals surface area contributed by atoms with Gasteiger partial charge < -0.3 is 5.32 Å². The summed E-state index contributed by atoms with van der Waals surface area (Å²) in [5.41, 5.74) is 1.51. The Morgan fingerprint density at radius 3 is 2.89 bits per heavy atom. The van der Waals surface area contributed by atoms with Gasteiger partial charge in [0.25, 0.3) is 5.69 Å². The van der Waals surface area contributed by atoms with Gasteiger partial charge in [0.1, 0.15) is 22.5 Å². The van der Waals surface area contributed by atoms with Gasteiger partial charge in [-0.2, -0.15) is 5.26 Å². The molecule has 0 saturated carbocycles. The normalized spacial score (nSPS) is 11.1. The summed E-state index contributed by atoms with van der Waals surface area (Å²) < 4.78 is 14.5. The van der Waals surface area contributed by atoms with Gasteiger partial charge in [-0.25, -0.2) is 9.37 Å². The second kappa shape index (κ2) is 8.07. The van der Waals surface area contributed by atoms with Crippen molar-refractivity contribution in [1.82, 2.24) is 4.98 Å². The Morgan fingerprint density at radius 2 is 2.19 bits per heavy atom. The van der Waals surface area contributed by atoms with Crippen molar-refractivity contribution in [2.75, 3.05) is 5.32 Å². The zero-order valence-corrected chi connectivity index (χ0v) is 15.9. The number of anilines is 1. The number of benzene rings is 2. The number of nitrogens with zero attached hydrogens (tertiary/aromatic N) is 3. The van der Waals surface area contributed by atoms with Gasteiger partial charge in [0.05, 0.1) is 16.3 Å². The Bertz CT molecular complexity index is 1090. The van der Waals surface area contributed by atoms with Crippen molar-refractivity contribution in [1.29, 1.82) is 5.26 Å². The van der Waals surface area contributed by atoms with E-state index in [1.54, 1.807) is 29.6 Å². The number of nitriles is 1. The Labute approximate surface area is 165 Å². The summed E-state index contributed by atoms with van der Waals surface area (Å²) in [7, 11) is 0. The topological polar surface area (TPSA) is 91.8 Å². The molecule has 0 atom stereocenters. The average Bonchev–Trinajstić information content (AvgIpc) is 3.14. The summed E-state index contributed by atoms with van der Waals surface area (Å²) in [6.07, 6.45) is 1.38. The third-order valence-electron chi connectivity index (χ3n) is 3.51. The number of nitrogens with one attached hydrogen (secondary N) is 1. The highest BCUT2D eigenvalue weighted by molar-refractivity contribution is 9.10. The molecule has 6 nitrogen and oxygen atoms in total. The van der Waals surface area contributed by atoms with Gasteiger partial charge in [0, 0.05) is 33.7 Å². The monoisotopic (exact) mass is 444 g/mol. The van der Waals surface area contributed by atoms with Gasteiger partial charge in [0.15, 0.2) is 0 Å². The highest BCUT2D eigenvalue weighted by Gasteiger charge is 2.12. The first-order chi connectivity index (χ1) is 13.0. The van der Waals surface area contributed by atoms with Crippen molar-refractivity contribution in [3.05, 3.63) is 79.5 Å². The van der Waals surface area contributed by atoms with Crippen LogP contribution in [0.1, 0.15) is 5.01 Å². The first-order valence-electron chi connectivity index (χ1n) is 7.50. The van der Waals surface area contributed by atoms with Crippen LogP contribution < -0.4 is 5.32 Å². The molecule has 0 radical (unpaired) electrons. The summed E-state index contributed by atoms with van der Waals surface area (Å²) in [6.45, 7) is 0. The third-order valence-corrected chi connectivity index (χ3v) is 4.88. The van der Waals surface area contributed by atoms with Gasteiger partial charge in [0.2, 0.25) is 0 Å².